The molecule has 0 radical (unpaired) electrons. The van der Waals surface area contributed by atoms with Gasteiger partial charge in [0.2, 0.25) is 17.6 Å². The first kappa shape index (κ1) is 37.4. The molecule has 0 aromatic carbocycles. The minimum absolute atomic E-state index is 0.0578. The highest BCUT2D eigenvalue weighted by molar-refractivity contribution is 6.37. The number of carbonyl (C=O) groups excluding carboxylic acids is 6. The summed E-state index contributed by atoms with van der Waals surface area (Å²) < 4.78 is 5.68. The quantitative estimate of drug-likeness (QED) is 0.131. The third-order valence-electron chi connectivity index (χ3n) is 10.2. The number of nitrogens with zero attached hydrogens (tertiary/aromatic N) is 1. The Labute approximate surface area is 285 Å². The number of nitrogens with two attached hydrogens (primary N) is 1. The van der Waals surface area contributed by atoms with Crippen LogP contribution in [-0.2, 0) is 28.7 Å². The van der Waals surface area contributed by atoms with E-state index in [9.17, 15) is 28.8 Å². The van der Waals surface area contributed by atoms with E-state index in [0.29, 0.717) is 12.8 Å². The lowest BCUT2D eigenvalue weighted by Gasteiger charge is -2.36. The Morgan fingerprint density at radius 3 is 1.92 bits per heavy atom. The van der Waals surface area contributed by atoms with Crippen LogP contribution in [-0.4, -0.2) is 76.7 Å². The van der Waals surface area contributed by atoms with Gasteiger partial charge in [0.1, 0.15) is 23.7 Å². The third kappa shape index (κ3) is 10.3. The maximum Gasteiger partial charge on any atom is 0.329 e. The molecular formula is C36H57N5O7. The lowest BCUT2D eigenvalue weighted by atomic mass is 9.83. The molecule has 1 heterocycles. The van der Waals surface area contributed by atoms with E-state index < -0.39 is 59.4 Å². The normalized spacial score (nSPS) is 23.8. The minimum atomic E-state index is -1.10. The van der Waals surface area contributed by atoms with Crippen LogP contribution in [0.4, 0.5) is 4.79 Å². The topological polar surface area (TPSA) is 177 Å². The monoisotopic (exact) mass is 671 g/mol. The van der Waals surface area contributed by atoms with Gasteiger partial charge in [-0.15, -0.1) is 0 Å². The highest BCUT2D eigenvalue weighted by atomic mass is 16.6. The number of amides is 5. The summed E-state index contributed by atoms with van der Waals surface area (Å²) in [5.74, 6) is -3.59. The number of urea groups is 1. The Hall–Kier alpha value is -3.44. The van der Waals surface area contributed by atoms with Gasteiger partial charge in [-0.1, -0.05) is 56.6 Å². The van der Waals surface area contributed by atoms with E-state index >= 15 is 0 Å². The van der Waals surface area contributed by atoms with Crippen molar-refractivity contribution < 1.29 is 33.5 Å². The molecule has 4 rings (SSSR count). The van der Waals surface area contributed by atoms with Crippen molar-refractivity contribution in [3.63, 3.8) is 0 Å². The van der Waals surface area contributed by atoms with Crippen molar-refractivity contribution in [1.82, 2.24) is 20.9 Å². The molecule has 48 heavy (non-hydrogen) atoms. The molecule has 3 saturated carbocycles. The Morgan fingerprint density at radius 2 is 1.38 bits per heavy atom. The average molecular weight is 672 g/mol. The molecule has 0 bridgehead atoms. The fourth-order valence-corrected chi connectivity index (χ4v) is 7.73. The molecular weight excluding hydrogens is 614 g/mol. The summed E-state index contributed by atoms with van der Waals surface area (Å²) in [4.78, 5) is 81.6. The SMILES string of the molecule is CC(C)=C[C@H]1CCN(C(=O)[C@@H](NC(=O)N[C@H](C(=O)OC(C)(C)C)C2CCCC2)C2CCCCC2)[C@@H]1C(=O)NC(CC1CC1)C(=O)C(N)=O. The zero-order valence-electron chi connectivity index (χ0n) is 29.5. The summed E-state index contributed by atoms with van der Waals surface area (Å²) in [6, 6.07) is -4.35. The van der Waals surface area contributed by atoms with Crippen LogP contribution in [0.1, 0.15) is 118 Å². The number of carbonyl (C=O) groups is 6. The summed E-state index contributed by atoms with van der Waals surface area (Å²) in [6.45, 7) is 9.51. The van der Waals surface area contributed by atoms with E-state index in [1.807, 2.05) is 19.9 Å². The van der Waals surface area contributed by atoms with Crippen LogP contribution in [0.25, 0.3) is 0 Å². The number of likely N-dealkylation sites (tertiary alicyclic amines) is 1. The van der Waals surface area contributed by atoms with Gasteiger partial charge in [-0.3, -0.25) is 19.2 Å². The molecule has 12 heteroatoms. The maximum absolute atomic E-state index is 14.6. The second-order valence-electron chi connectivity index (χ2n) is 15.7. The van der Waals surface area contributed by atoms with Gasteiger partial charge in [-0.05, 0) is 90.9 Å². The number of Topliss-reactive ketones (excluding diaryl/α,β-unsaturated/α-hetero) is 1. The number of esters is 1. The van der Waals surface area contributed by atoms with Gasteiger partial charge in [0.05, 0.1) is 6.04 Å². The van der Waals surface area contributed by atoms with Crippen molar-refractivity contribution >= 4 is 35.5 Å². The number of ketones is 1. The van der Waals surface area contributed by atoms with Crippen LogP contribution in [0.2, 0.25) is 0 Å². The highest BCUT2D eigenvalue weighted by Gasteiger charge is 2.46. The number of nitrogens with one attached hydrogen (secondary N) is 3. The molecule has 4 fully saturated rings. The predicted molar refractivity (Wildman–Crippen MR) is 180 cm³/mol. The van der Waals surface area contributed by atoms with Crippen molar-refractivity contribution in [2.45, 2.75) is 148 Å². The van der Waals surface area contributed by atoms with Crippen molar-refractivity contribution in [2.24, 2.45) is 29.4 Å². The number of ether oxygens (including phenoxy) is 1. The molecule has 1 aliphatic heterocycles. The van der Waals surface area contributed by atoms with Gasteiger partial charge in [-0.2, -0.15) is 0 Å². The highest BCUT2D eigenvalue weighted by Crippen LogP contribution is 2.35. The lowest BCUT2D eigenvalue weighted by Crippen LogP contribution is -2.61. The second kappa shape index (κ2) is 16.3. The van der Waals surface area contributed by atoms with Crippen LogP contribution < -0.4 is 21.7 Å². The standard InChI is InChI=1S/C36H57N5O7/c1-21(2)19-25-17-18-41(29(25)32(44)38-26(20-22-15-16-22)30(42)31(37)43)33(45)27(23-11-7-6-8-12-23)39-35(47)40-28(24-13-9-10-14-24)34(46)48-36(3,4)5/h19,22-29H,6-18,20H2,1-5H3,(H2,37,43)(H,38,44)(H2,39,40,47)/t25-,26?,27+,28+,29+/m1/s1. The smallest absolute Gasteiger partial charge is 0.329 e. The zero-order chi connectivity index (χ0) is 35.2. The minimum Gasteiger partial charge on any atom is -0.458 e. The Bertz CT molecular complexity index is 1240. The first-order valence-electron chi connectivity index (χ1n) is 18.0. The second-order valence-corrected chi connectivity index (χ2v) is 15.7. The summed E-state index contributed by atoms with van der Waals surface area (Å²) in [6.07, 6.45) is 12.5. The van der Waals surface area contributed by atoms with Crippen LogP contribution in [0.3, 0.4) is 0 Å². The molecule has 5 amide bonds. The molecule has 1 saturated heterocycles. The molecule has 5 N–H and O–H groups in total. The number of primary amides is 1. The van der Waals surface area contributed by atoms with Crippen molar-refractivity contribution in [3.8, 4) is 0 Å². The molecule has 268 valence electrons. The van der Waals surface area contributed by atoms with Gasteiger partial charge in [0.25, 0.3) is 5.91 Å². The molecule has 0 aromatic heterocycles. The molecule has 5 atom stereocenters. The summed E-state index contributed by atoms with van der Waals surface area (Å²) >= 11 is 0. The first-order valence-corrected chi connectivity index (χ1v) is 18.0. The van der Waals surface area contributed by atoms with Crippen molar-refractivity contribution in [2.75, 3.05) is 6.54 Å². The maximum atomic E-state index is 14.6. The van der Waals surface area contributed by atoms with Gasteiger partial charge >= 0.3 is 12.0 Å². The lowest BCUT2D eigenvalue weighted by molar-refractivity contribution is -0.158. The van der Waals surface area contributed by atoms with E-state index in [1.165, 1.54) is 4.90 Å². The average Bonchev–Trinajstić information content (AvgIpc) is 3.48. The van der Waals surface area contributed by atoms with Crippen LogP contribution in [0.15, 0.2) is 11.6 Å². The van der Waals surface area contributed by atoms with Gasteiger partial charge in [0.15, 0.2) is 0 Å². The Morgan fingerprint density at radius 1 is 0.812 bits per heavy atom. The van der Waals surface area contributed by atoms with E-state index in [4.69, 9.17) is 10.5 Å². The Kier molecular flexibility index (Phi) is 12.7. The third-order valence-corrected chi connectivity index (χ3v) is 10.2. The largest absolute Gasteiger partial charge is 0.458 e. The summed E-state index contributed by atoms with van der Waals surface area (Å²) in [7, 11) is 0. The van der Waals surface area contributed by atoms with E-state index in [1.54, 1.807) is 20.8 Å². The molecule has 12 nitrogen and oxygen atoms in total. The first-order chi connectivity index (χ1) is 22.6. The predicted octanol–water partition coefficient (Wildman–Crippen LogP) is 3.66. The number of hydrogen-bond acceptors (Lipinski definition) is 7. The van der Waals surface area contributed by atoms with Crippen LogP contribution in [0, 0.1) is 23.7 Å². The van der Waals surface area contributed by atoms with E-state index in [0.717, 1.165) is 76.2 Å². The number of rotatable bonds is 13. The zero-order valence-corrected chi connectivity index (χ0v) is 29.5. The van der Waals surface area contributed by atoms with Crippen LogP contribution in [0.5, 0.6) is 0 Å². The molecule has 0 aromatic rings. The van der Waals surface area contributed by atoms with E-state index in [2.05, 4.69) is 16.0 Å². The summed E-state index contributed by atoms with van der Waals surface area (Å²) in [5, 5.41) is 8.60. The fourth-order valence-electron chi connectivity index (χ4n) is 7.73. The van der Waals surface area contributed by atoms with Crippen molar-refractivity contribution in [1.29, 1.82) is 0 Å². The molecule has 4 aliphatic rings. The van der Waals surface area contributed by atoms with Crippen molar-refractivity contribution in [3.05, 3.63) is 11.6 Å². The number of hydrogen-bond donors (Lipinski definition) is 4. The molecule has 0 spiro atoms. The van der Waals surface area contributed by atoms with Gasteiger partial charge in [0, 0.05) is 12.5 Å². The Balaban J connectivity index is 1.57. The van der Waals surface area contributed by atoms with E-state index in [-0.39, 0.29) is 36.1 Å². The molecule has 1 unspecified atom stereocenters. The fraction of sp³-hybridized carbons (Fsp3) is 0.778. The molecule has 3 aliphatic carbocycles. The van der Waals surface area contributed by atoms with Gasteiger partial charge < -0.3 is 31.3 Å². The summed E-state index contributed by atoms with van der Waals surface area (Å²) in [5.41, 5.74) is 5.59. The number of allylic oxidation sites excluding steroid dienone is 1. The van der Waals surface area contributed by atoms with Gasteiger partial charge in [-0.25, -0.2) is 9.59 Å². The van der Waals surface area contributed by atoms with Crippen LogP contribution >= 0.6 is 0 Å².